The van der Waals surface area contributed by atoms with Crippen LogP contribution in [0.5, 0.6) is 0 Å². The minimum absolute atomic E-state index is 0.107. The van der Waals surface area contributed by atoms with Gasteiger partial charge in [-0.25, -0.2) is 14.4 Å². The number of nitrogens with zero attached hydrogens (tertiary/aromatic N) is 2. The van der Waals surface area contributed by atoms with Crippen LogP contribution in [0.4, 0.5) is 14.4 Å². The Bertz CT molecular complexity index is 1230. The van der Waals surface area contributed by atoms with Gasteiger partial charge in [-0.1, -0.05) is 91.0 Å². The molecule has 0 fully saturated rings. The molecule has 0 aliphatic rings. The van der Waals surface area contributed by atoms with Crippen molar-refractivity contribution >= 4 is 18.3 Å². The molecule has 0 aliphatic heterocycles. The van der Waals surface area contributed by atoms with Crippen molar-refractivity contribution in [3.05, 3.63) is 108 Å². The van der Waals surface area contributed by atoms with E-state index in [1.54, 1.807) is 4.90 Å². The molecule has 0 heterocycles. The molecule has 10 nitrogen and oxygen atoms in total. The fourth-order valence-electron chi connectivity index (χ4n) is 4.58. The van der Waals surface area contributed by atoms with Gasteiger partial charge in [0.1, 0.15) is 13.2 Å². The molecule has 0 aliphatic carbocycles. The highest BCUT2D eigenvalue weighted by Crippen LogP contribution is 2.17. The number of nitrogens with one attached hydrogen (secondary N) is 1. The predicted octanol–water partition coefficient (Wildman–Crippen LogP) is 5.27. The molecule has 0 spiro atoms. The van der Waals surface area contributed by atoms with Crippen molar-refractivity contribution in [2.75, 3.05) is 32.7 Å². The fourth-order valence-corrected chi connectivity index (χ4v) is 4.58. The molecule has 10 heteroatoms. The van der Waals surface area contributed by atoms with Crippen LogP contribution >= 0.6 is 0 Å². The topological polar surface area (TPSA) is 134 Å². The Morgan fingerprint density at radius 3 is 1.86 bits per heavy atom. The van der Waals surface area contributed by atoms with Gasteiger partial charge in [-0.3, -0.25) is 0 Å². The van der Waals surface area contributed by atoms with E-state index in [9.17, 15) is 19.5 Å². The lowest BCUT2D eigenvalue weighted by atomic mass is 10.0. The summed E-state index contributed by atoms with van der Waals surface area (Å²) in [6.07, 6.45) is -0.160. The van der Waals surface area contributed by atoms with Crippen molar-refractivity contribution in [2.24, 2.45) is 5.73 Å². The van der Waals surface area contributed by atoms with Gasteiger partial charge in [-0.2, -0.15) is 0 Å². The van der Waals surface area contributed by atoms with Crippen molar-refractivity contribution in [1.29, 1.82) is 0 Å². The largest absolute Gasteiger partial charge is 0.465 e. The van der Waals surface area contributed by atoms with Gasteiger partial charge in [0, 0.05) is 32.2 Å². The average molecular weight is 591 g/mol. The van der Waals surface area contributed by atoms with Gasteiger partial charge < -0.3 is 35.4 Å². The van der Waals surface area contributed by atoms with Crippen molar-refractivity contribution < 1.29 is 29.0 Å². The predicted molar refractivity (Wildman–Crippen MR) is 164 cm³/mol. The number of ether oxygens (including phenoxy) is 2. The molecule has 0 radical (unpaired) electrons. The Morgan fingerprint density at radius 2 is 1.30 bits per heavy atom. The monoisotopic (exact) mass is 590 g/mol. The molecule has 0 bridgehead atoms. The minimum Gasteiger partial charge on any atom is -0.465 e. The number of benzene rings is 3. The van der Waals surface area contributed by atoms with Crippen LogP contribution in [0.1, 0.15) is 36.0 Å². The van der Waals surface area contributed by atoms with Gasteiger partial charge in [-0.05, 0) is 48.9 Å². The summed E-state index contributed by atoms with van der Waals surface area (Å²) in [4.78, 5) is 40.7. The smallest absolute Gasteiger partial charge is 0.410 e. The zero-order valence-corrected chi connectivity index (χ0v) is 24.5. The molecule has 3 aromatic carbocycles. The minimum atomic E-state index is -1.02. The van der Waals surface area contributed by atoms with Gasteiger partial charge in [-0.15, -0.1) is 0 Å². The standard InChI is InChI=1S/C33H42N4O6/c34-19-10-21-36(32(39)40)23-18-30(24-27-12-4-1-5-13-27)37(33(41)43-26-29-16-8-3-9-17-29)22-11-20-35-31(38)42-25-28-14-6-2-7-15-28/h1-9,12-17,30H,10-11,18-26,34H2,(H,35,38)(H,39,40). The maximum Gasteiger partial charge on any atom is 0.410 e. The van der Waals surface area contributed by atoms with E-state index in [0.717, 1.165) is 16.7 Å². The first-order valence-corrected chi connectivity index (χ1v) is 14.6. The Hall–Kier alpha value is -4.57. The van der Waals surface area contributed by atoms with Crippen LogP contribution < -0.4 is 11.1 Å². The number of carbonyl (C=O) groups excluding carboxylic acids is 2. The van der Waals surface area contributed by atoms with Crippen molar-refractivity contribution in [2.45, 2.75) is 44.9 Å². The second-order valence-electron chi connectivity index (χ2n) is 10.1. The Kier molecular flexibility index (Phi) is 14.4. The molecular weight excluding hydrogens is 548 g/mol. The molecule has 3 aromatic rings. The lowest BCUT2D eigenvalue weighted by Gasteiger charge is -2.33. The van der Waals surface area contributed by atoms with E-state index < -0.39 is 18.3 Å². The number of alkyl carbamates (subject to hydrolysis) is 1. The van der Waals surface area contributed by atoms with E-state index >= 15 is 0 Å². The van der Waals surface area contributed by atoms with E-state index in [0.29, 0.717) is 45.3 Å². The van der Waals surface area contributed by atoms with Gasteiger partial charge in [0.15, 0.2) is 0 Å². The summed E-state index contributed by atoms with van der Waals surface area (Å²) in [6, 6.07) is 28.2. The van der Waals surface area contributed by atoms with Crippen LogP contribution in [0.3, 0.4) is 0 Å². The maximum absolute atomic E-state index is 13.5. The fraction of sp³-hybridized carbons (Fsp3) is 0.364. The lowest BCUT2D eigenvalue weighted by Crippen LogP contribution is -2.45. The number of carboxylic acid groups (broad SMARTS) is 1. The summed E-state index contributed by atoms with van der Waals surface area (Å²) >= 11 is 0. The number of rotatable bonds is 17. The summed E-state index contributed by atoms with van der Waals surface area (Å²) in [5, 5.41) is 12.5. The summed E-state index contributed by atoms with van der Waals surface area (Å²) in [5.74, 6) is 0. The van der Waals surface area contributed by atoms with Crippen LogP contribution in [0.15, 0.2) is 91.0 Å². The normalized spacial score (nSPS) is 11.3. The lowest BCUT2D eigenvalue weighted by molar-refractivity contribution is 0.0745. The van der Waals surface area contributed by atoms with Crippen LogP contribution in [0, 0.1) is 0 Å². The zero-order chi connectivity index (χ0) is 30.7. The van der Waals surface area contributed by atoms with Crippen LogP contribution in [-0.2, 0) is 29.1 Å². The molecule has 4 N–H and O–H groups in total. The first-order chi connectivity index (χ1) is 21.0. The van der Waals surface area contributed by atoms with Gasteiger partial charge in [0.25, 0.3) is 0 Å². The van der Waals surface area contributed by atoms with Crippen LogP contribution in [0.2, 0.25) is 0 Å². The molecule has 3 rings (SSSR count). The molecule has 43 heavy (non-hydrogen) atoms. The average Bonchev–Trinajstić information content (AvgIpc) is 3.03. The second kappa shape index (κ2) is 18.8. The van der Waals surface area contributed by atoms with Crippen LogP contribution in [-0.4, -0.2) is 72.0 Å². The summed E-state index contributed by atoms with van der Waals surface area (Å²) in [6.45, 7) is 1.78. The van der Waals surface area contributed by atoms with Crippen LogP contribution in [0.25, 0.3) is 0 Å². The molecule has 0 saturated heterocycles. The maximum atomic E-state index is 13.5. The molecule has 0 aromatic heterocycles. The Balaban J connectivity index is 1.69. The summed E-state index contributed by atoms with van der Waals surface area (Å²) in [7, 11) is 0. The molecule has 0 saturated carbocycles. The van der Waals surface area contributed by atoms with Gasteiger partial charge in [0.05, 0.1) is 0 Å². The van der Waals surface area contributed by atoms with Gasteiger partial charge in [0.2, 0.25) is 0 Å². The van der Waals surface area contributed by atoms with E-state index in [4.69, 9.17) is 15.2 Å². The highest BCUT2D eigenvalue weighted by Gasteiger charge is 2.27. The number of amides is 3. The zero-order valence-electron chi connectivity index (χ0n) is 24.5. The Morgan fingerprint density at radius 1 is 0.744 bits per heavy atom. The third-order valence-corrected chi connectivity index (χ3v) is 6.89. The number of hydrogen-bond donors (Lipinski definition) is 3. The van der Waals surface area contributed by atoms with E-state index in [-0.39, 0.29) is 32.3 Å². The Labute approximate surface area is 253 Å². The molecule has 230 valence electrons. The van der Waals surface area contributed by atoms with E-state index in [1.807, 2.05) is 91.0 Å². The summed E-state index contributed by atoms with van der Waals surface area (Å²) < 4.78 is 11.0. The third kappa shape index (κ3) is 12.5. The molecule has 3 amide bonds. The van der Waals surface area contributed by atoms with E-state index in [1.165, 1.54) is 4.90 Å². The number of nitrogens with two attached hydrogens (primary N) is 1. The molecular formula is C33H42N4O6. The SMILES string of the molecule is NCCCN(CCC(Cc1ccccc1)N(CCCNC(=O)OCc1ccccc1)C(=O)OCc1ccccc1)C(=O)O. The summed E-state index contributed by atoms with van der Waals surface area (Å²) in [5.41, 5.74) is 8.37. The third-order valence-electron chi connectivity index (χ3n) is 6.89. The first kappa shape index (κ1) is 32.9. The van der Waals surface area contributed by atoms with Crippen molar-refractivity contribution in [1.82, 2.24) is 15.1 Å². The quantitative estimate of drug-likeness (QED) is 0.182. The molecule has 1 unspecified atom stereocenters. The van der Waals surface area contributed by atoms with Crippen molar-refractivity contribution in [3.8, 4) is 0 Å². The van der Waals surface area contributed by atoms with E-state index in [2.05, 4.69) is 5.32 Å². The highest BCUT2D eigenvalue weighted by atomic mass is 16.6. The second-order valence-corrected chi connectivity index (χ2v) is 10.1. The molecule has 1 atom stereocenters. The first-order valence-electron chi connectivity index (χ1n) is 14.6. The number of carbonyl (C=O) groups is 3. The van der Waals surface area contributed by atoms with Crippen molar-refractivity contribution in [3.63, 3.8) is 0 Å². The highest BCUT2D eigenvalue weighted by molar-refractivity contribution is 5.68. The number of hydrogen-bond acceptors (Lipinski definition) is 6. The van der Waals surface area contributed by atoms with Gasteiger partial charge >= 0.3 is 18.3 Å².